The third-order valence-electron chi connectivity index (χ3n) is 3.93. The molecular formula is C16H20Cl2N2O2. The van der Waals surface area contributed by atoms with E-state index in [1.54, 1.807) is 12.1 Å². The van der Waals surface area contributed by atoms with Crippen molar-refractivity contribution >= 4 is 40.7 Å². The zero-order valence-corrected chi connectivity index (χ0v) is 13.8. The Morgan fingerprint density at radius 2 is 1.82 bits per heavy atom. The number of nitrogens with one attached hydrogen (secondary N) is 2. The van der Waals surface area contributed by atoms with Gasteiger partial charge in [0.25, 0.3) is 0 Å². The van der Waals surface area contributed by atoms with Crippen LogP contribution in [0.2, 0.25) is 10.0 Å². The van der Waals surface area contributed by atoms with Crippen molar-refractivity contribution in [3.05, 3.63) is 28.2 Å². The summed E-state index contributed by atoms with van der Waals surface area (Å²) >= 11 is 11.7. The zero-order valence-electron chi connectivity index (χ0n) is 12.3. The van der Waals surface area contributed by atoms with Crippen LogP contribution in [0.4, 0.5) is 5.69 Å². The fourth-order valence-electron chi connectivity index (χ4n) is 2.73. The molecular weight excluding hydrogens is 323 g/mol. The molecule has 0 bridgehead atoms. The highest BCUT2D eigenvalue weighted by Gasteiger charge is 2.16. The predicted molar refractivity (Wildman–Crippen MR) is 89.3 cm³/mol. The topological polar surface area (TPSA) is 58.2 Å². The highest BCUT2D eigenvalue weighted by atomic mass is 35.5. The molecule has 0 aromatic heterocycles. The lowest BCUT2D eigenvalue weighted by Crippen LogP contribution is -2.36. The molecule has 2 rings (SSSR count). The van der Waals surface area contributed by atoms with Gasteiger partial charge in [-0.1, -0.05) is 48.9 Å². The van der Waals surface area contributed by atoms with Crippen LogP contribution in [0.3, 0.4) is 0 Å². The molecule has 1 saturated carbocycles. The van der Waals surface area contributed by atoms with Gasteiger partial charge in [-0.25, -0.2) is 0 Å². The second kappa shape index (κ2) is 8.39. The van der Waals surface area contributed by atoms with E-state index in [1.807, 2.05) is 0 Å². The van der Waals surface area contributed by atoms with Gasteiger partial charge in [0, 0.05) is 12.2 Å². The number of rotatable bonds is 5. The summed E-state index contributed by atoms with van der Waals surface area (Å²) < 4.78 is 0. The molecule has 2 N–H and O–H groups in total. The summed E-state index contributed by atoms with van der Waals surface area (Å²) in [5.41, 5.74) is 0.445. The quantitative estimate of drug-likeness (QED) is 0.627. The maximum absolute atomic E-state index is 11.8. The third kappa shape index (κ3) is 5.18. The second-order valence-corrected chi connectivity index (χ2v) is 6.45. The summed E-state index contributed by atoms with van der Waals surface area (Å²) in [6.07, 6.45) is 7.27. The van der Waals surface area contributed by atoms with E-state index in [0.717, 1.165) is 18.8 Å². The largest absolute Gasteiger partial charge is 0.348 e. The molecule has 1 aromatic carbocycles. The molecule has 2 amide bonds. The fraction of sp³-hybridized carbons (Fsp3) is 0.500. The molecule has 120 valence electrons. The molecule has 6 heteroatoms. The number of hydrogen-bond donors (Lipinski definition) is 2. The number of benzene rings is 1. The predicted octanol–water partition coefficient (Wildman–Crippen LogP) is 4.02. The van der Waals surface area contributed by atoms with Crippen molar-refractivity contribution in [1.82, 2.24) is 5.32 Å². The van der Waals surface area contributed by atoms with Gasteiger partial charge in [-0.05, 0) is 37.0 Å². The molecule has 1 aliphatic carbocycles. The Bertz CT molecular complexity index is 543. The Morgan fingerprint density at radius 3 is 2.50 bits per heavy atom. The Labute approximate surface area is 140 Å². The smallest absolute Gasteiger partial charge is 0.313 e. The van der Waals surface area contributed by atoms with Gasteiger partial charge in [0.1, 0.15) is 0 Å². The molecule has 0 saturated heterocycles. The van der Waals surface area contributed by atoms with Crippen LogP contribution >= 0.6 is 23.2 Å². The first-order valence-corrected chi connectivity index (χ1v) is 8.36. The van der Waals surface area contributed by atoms with Gasteiger partial charge < -0.3 is 10.6 Å². The first-order valence-electron chi connectivity index (χ1n) is 7.60. The molecule has 22 heavy (non-hydrogen) atoms. The minimum absolute atomic E-state index is 0.330. The lowest BCUT2D eigenvalue weighted by atomic mass is 10.0. The van der Waals surface area contributed by atoms with E-state index in [1.165, 1.54) is 31.7 Å². The van der Waals surface area contributed by atoms with Crippen molar-refractivity contribution in [1.29, 1.82) is 0 Å². The average Bonchev–Trinajstić information content (AvgIpc) is 3.00. The molecule has 1 fully saturated rings. The molecule has 0 atom stereocenters. The van der Waals surface area contributed by atoms with E-state index in [-0.39, 0.29) is 0 Å². The summed E-state index contributed by atoms with van der Waals surface area (Å²) in [6.45, 7) is 0.532. The highest BCUT2D eigenvalue weighted by Crippen LogP contribution is 2.28. The van der Waals surface area contributed by atoms with Crippen LogP contribution in [-0.4, -0.2) is 18.4 Å². The molecule has 0 unspecified atom stereocenters. The van der Waals surface area contributed by atoms with Gasteiger partial charge in [-0.15, -0.1) is 0 Å². The Kier molecular flexibility index (Phi) is 6.52. The number of hydrogen-bond acceptors (Lipinski definition) is 2. The normalized spacial score (nSPS) is 14.8. The van der Waals surface area contributed by atoms with Gasteiger partial charge in [0.2, 0.25) is 0 Å². The standard InChI is InChI=1S/C16H20Cl2N2O2/c17-13-8-7-12(10-14(13)18)20-16(22)15(21)19-9-3-6-11-4-1-2-5-11/h7-8,10-11H,1-6,9H2,(H,19,21)(H,20,22). The minimum atomic E-state index is -0.695. The number of carbonyl (C=O) groups is 2. The van der Waals surface area contributed by atoms with E-state index in [9.17, 15) is 9.59 Å². The molecule has 1 aliphatic rings. The Balaban J connectivity index is 1.69. The average molecular weight is 343 g/mol. The van der Waals surface area contributed by atoms with Crippen LogP contribution in [0, 0.1) is 5.92 Å². The van der Waals surface area contributed by atoms with Crippen molar-refractivity contribution in [2.75, 3.05) is 11.9 Å². The number of anilines is 1. The van der Waals surface area contributed by atoms with Crippen LogP contribution in [0.1, 0.15) is 38.5 Å². The van der Waals surface area contributed by atoms with Crippen LogP contribution in [-0.2, 0) is 9.59 Å². The second-order valence-electron chi connectivity index (χ2n) is 5.63. The molecule has 4 nitrogen and oxygen atoms in total. The number of carbonyl (C=O) groups excluding carboxylic acids is 2. The van der Waals surface area contributed by atoms with Gasteiger partial charge in [0.15, 0.2) is 0 Å². The molecule has 0 heterocycles. The van der Waals surface area contributed by atoms with Gasteiger partial charge in [-0.2, -0.15) is 0 Å². The van der Waals surface area contributed by atoms with E-state index in [2.05, 4.69) is 10.6 Å². The first kappa shape index (κ1) is 17.1. The summed E-state index contributed by atoms with van der Waals surface area (Å²) in [6, 6.07) is 4.67. The summed E-state index contributed by atoms with van der Waals surface area (Å²) in [5.74, 6) is -0.529. The molecule has 0 aliphatic heterocycles. The maximum atomic E-state index is 11.8. The summed E-state index contributed by atoms with van der Waals surface area (Å²) in [5, 5.41) is 5.87. The van der Waals surface area contributed by atoms with E-state index < -0.39 is 11.8 Å². The van der Waals surface area contributed by atoms with Crippen LogP contribution < -0.4 is 10.6 Å². The fourth-order valence-corrected chi connectivity index (χ4v) is 3.03. The summed E-state index contributed by atoms with van der Waals surface area (Å²) in [7, 11) is 0. The van der Waals surface area contributed by atoms with E-state index in [0.29, 0.717) is 22.3 Å². The van der Waals surface area contributed by atoms with Crippen molar-refractivity contribution in [3.63, 3.8) is 0 Å². The maximum Gasteiger partial charge on any atom is 0.313 e. The van der Waals surface area contributed by atoms with Crippen molar-refractivity contribution < 1.29 is 9.59 Å². The summed E-state index contributed by atoms with van der Waals surface area (Å²) in [4.78, 5) is 23.5. The lowest BCUT2D eigenvalue weighted by Gasteiger charge is -2.09. The molecule has 1 aromatic rings. The number of halogens is 2. The third-order valence-corrected chi connectivity index (χ3v) is 4.67. The SMILES string of the molecule is O=C(NCCCC1CCCC1)C(=O)Nc1ccc(Cl)c(Cl)c1. The van der Waals surface area contributed by atoms with E-state index >= 15 is 0 Å². The Hall–Kier alpha value is -1.26. The van der Waals surface area contributed by atoms with Gasteiger partial charge in [0.05, 0.1) is 10.0 Å². The minimum Gasteiger partial charge on any atom is -0.348 e. The molecule has 0 radical (unpaired) electrons. The van der Waals surface area contributed by atoms with Crippen LogP contribution in [0.25, 0.3) is 0 Å². The van der Waals surface area contributed by atoms with Crippen molar-refractivity contribution in [2.45, 2.75) is 38.5 Å². The zero-order chi connectivity index (χ0) is 15.9. The first-order chi connectivity index (χ1) is 10.6. The monoisotopic (exact) mass is 342 g/mol. The van der Waals surface area contributed by atoms with Crippen LogP contribution in [0.5, 0.6) is 0 Å². The lowest BCUT2D eigenvalue weighted by molar-refractivity contribution is -0.136. The van der Waals surface area contributed by atoms with Gasteiger partial charge in [-0.3, -0.25) is 9.59 Å². The number of amides is 2. The molecule has 0 spiro atoms. The van der Waals surface area contributed by atoms with E-state index in [4.69, 9.17) is 23.2 Å². The highest BCUT2D eigenvalue weighted by molar-refractivity contribution is 6.42. The van der Waals surface area contributed by atoms with Crippen LogP contribution in [0.15, 0.2) is 18.2 Å². The van der Waals surface area contributed by atoms with Crippen molar-refractivity contribution in [3.8, 4) is 0 Å². The van der Waals surface area contributed by atoms with Gasteiger partial charge >= 0.3 is 11.8 Å². The Morgan fingerprint density at radius 1 is 1.09 bits per heavy atom. The van der Waals surface area contributed by atoms with Crippen molar-refractivity contribution in [2.24, 2.45) is 5.92 Å².